The number of thiazole rings is 1. The van der Waals surface area contributed by atoms with Crippen LogP contribution >= 0.6 is 11.3 Å². The molecule has 0 saturated heterocycles. The van der Waals surface area contributed by atoms with E-state index in [-0.39, 0.29) is 5.91 Å². The molecule has 1 N–H and O–H groups in total. The standard InChI is InChI=1S/C15H16N2O3S/c1-4-20-14(19)12-10(3)16-15(21-12)17-13(18)11-8-6-5-7-9(11)2/h5-8H,4H2,1-3H3,(H,16,17,18). The molecular formula is C15H16N2O3S. The van der Waals surface area contributed by atoms with Crippen molar-refractivity contribution in [3.05, 3.63) is 46.0 Å². The van der Waals surface area contributed by atoms with Crippen LogP contribution < -0.4 is 5.32 Å². The fourth-order valence-corrected chi connectivity index (χ4v) is 2.68. The smallest absolute Gasteiger partial charge is 0.350 e. The highest BCUT2D eigenvalue weighted by atomic mass is 32.1. The number of rotatable bonds is 4. The first-order chi connectivity index (χ1) is 10.0. The van der Waals surface area contributed by atoms with E-state index in [9.17, 15) is 9.59 Å². The molecule has 5 nitrogen and oxygen atoms in total. The Morgan fingerprint density at radius 1 is 1.29 bits per heavy atom. The number of hydrogen-bond acceptors (Lipinski definition) is 5. The average molecular weight is 304 g/mol. The number of nitrogens with zero attached hydrogens (tertiary/aromatic N) is 1. The van der Waals surface area contributed by atoms with E-state index < -0.39 is 5.97 Å². The Kier molecular flexibility index (Phi) is 4.70. The zero-order valence-electron chi connectivity index (χ0n) is 12.1. The molecular weight excluding hydrogens is 288 g/mol. The lowest BCUT2D eigenvalue weighted by atomic mass is 10.1. The first-order valence-electron chi connectivity index (χ1n) is 6.54. The summed E-state index contributed by atoms with van der Waals surface area (Å²) in [6.07, 6.45) is 0. The predicted octanol–water partition coefficient (Wildman–Crippen LogP) is 3.19. The minimum absolute atomic E-state index is 0.239. The van der Waals surface area contributed by atoms with Crippen LogP contribution in [0.2, 0.25) is 0 Å². The molecule has 1 amide bonds. The minimum Gasteiger partial charge on any atom is -0.462 e. The van der Waals surface area contributed by atoms with E-state index in [0.717, 1.165) is 16.9 Å². The van der Waals surface area contributed by atoms with E-state index >= 15 is 0 Å². The molecule has 1 heterocycles. The van der Waals surface area contributed by atoms with Crippen LogP contribution in [0.4, 0.5) is 5.13 Å². The van der Waals surface area contributed by atoms with Crippen molar-refractivity contribution >= 4 is 28.3 Å². The molecule has 1 aromatic carbocycles. The summed E-state index contributed by atoms with van der Waals surface area (Å²) < 4.78 is 4.95. The van der Waals surface area contributed by atoms with E-state index in [1.165, 1.54) is 0 Å². The third-order valence-electron chi connectivity index (χ3n) is 2.87. The molecule has 0 unspecified atom stereocenters. The van der Waals surface area contributed by atoms with Gasteiger partial charge in [-0.05, 0) is 32.4 Å². The van der Waals surface area contributed by atoms with Crippen LogP contribution in [0.25, 0.3) is 0 Å². The first kappa shape index (κ1) is 15.2. The zero-order chi connectivity index (χ0) is 15.4. The molecule has 0 aliphatic heterocycles. The van der Waals surface area contributed by atoms with Gasteiger partial charge in [-0.3, -0.25) is 10.1 Å². The van der Waals surface area contributed by atoms with Gasteiger partial charge in [0.1, 0.15) is 4.88 Å². The third kappa shape index (κ3) is 3.46. The molecule has 2 rings (SSSR count). The van der Waals surface area contributed by atoms with Gasteiger partial charge in [-0.15, -0.1) is 0 Å². The molecule has 0 bridgehead atoms. The highest BCUT2D eigenvalue weighted by molar-refractivity contribution is 7.17. The largest absolute Gasteiger partial charge is 0.462 e. The Bertz CT molecular complexity index is 679. The maximum absolute atomic E-state index is 12.2. The number of amides is 1. The van der Waals surface area contributed by atoms with Crippen LogP contribution in [0.3, 0.4) is 0 Å². The van der Waals surface area contributed by atoms with Crippen LogP contribution in [0.5, 0.6) is 0 Å². The van der Waals surface area contributed by atoms with Crippen molar-refractivity contribution in [2.45, 2.75) is 20.8 Å². The van der Waals surface area contributed by atoms with Crippen LogP contribution in [0.1, 0.15) is 38.2 Å². The van der Waals surface area contributed by atoms with Crippen molar-refractivity contribution < 1.29 is 14.3 Å². The van der Waals surface area contributed by atoms with Crippen LogP contribution in [0.15, 0.2) is 24.3 Å². The summed E-state index contributed by atoms with van der Waals surface area (Å²) in [6.45, 7) is 5.63. The van der Waals surface area contributed by atoms with Crippen LogP contribution in [-0.2, 0) is 4.74 Å². The molecule has 1 aromatic heterocycles. The summed E-state index contributed by atoms with van der Waals surface area (Å²) in [6, 6.07) is 7.29. The summed E-state index contributed by atoms with van der Waals surface area (Å²) in [5.74, 6) is -0.652. The van der Waals surface area contributed by atoms with E-state index in [1.54, 1.807) is 26.0 Å². The summed E-state index contributed by atoms with van der Waals surface area (Å²) in [5, 5.41) is 3.11. The number of benzene rings is 1. The molecule has 0 saturated carbocycles. The number of aromatic nitrogens is 1. The van der Waals surface area contributed by atoms with Gasteiger partial charge in [-0.2, -0.15) is 0 Å². The monoisotopic (exact) mass is 304 g/mol. The lowest BCUT2D eigenvalue weighted by Crippen LogP contribution is -2.12. The molecule has 0 atom stereocenters. The van der Waals surface area contributed by atoms with Gasteiger partial charge in [-0.25, -0.2) is 9.78 Å². The second-order valence-electron chi connectivity index (χ2n) is 4.42. The number of anilines is 1. The number of carbonyl (C=O) groups is 2. The Labute approximate surface area is 127 Å². The lowest BCUT2D eigenvalue weighted by molar-refractivity contribution is 0.0531. The highest BCUT2D eigenvalue weighted by Gasteiger charge is 2.18. The van der Waals surface area contributed by atoms with Gasteiger partial charge in [-0.1, -0.05) is 29.5 Å². The van der Waals surface area contributed by atoms with E-state index in [4.69, 9.17) is 4.74 Å². The van der Waals surface area contributed by atoms with E-state index in [1.807, 2.05) is 19.1 Å². The van der Waals surface area contributed by atoms with E-state index in [2.05, 4.69) is 10.3 Å². The van der Waals surface area contributed by atoms with Crippen molar-refractivity contribution in [3.8, 4) is 0 Å². The Hall–Kier alpha value is -2.21. The fraction of sp³-hybridized carbons (Fsp3) is 0.267. The third-order valence-corrected chi connectivity index (χ3v) is 3.92. The summed E-state index contributed by atoms with van der Waals surface area (Å²) in [7, 11) is 0. The molecule has 21 heavy (non-hydrogen) atoms. The number of ether oxygens (including phenoxy) is 1. The SMILES string of the molecule is CCOC(=O)c1sc(NC(=O)c2ccccc2C)nc1C. The van der Waals surface area contributed by atoms with Gasteiger partial charge in [0.15, 0.2) is 5.13 Å². The van der Waals surface area contributed by atoms with Crippen molar-refractivity contribution in [3.63, 3.8) is 0 Å². The predicted molar refractivity (Wildman–Crippen MR) is 81.9 cm³/mol. The molecule has 0 aliphatic rings. The number of esters is 1. The molecule has 0 radical (unpaired) electrons. The van der Waals surface area contributed by atoms with Gasteiger partial charge >= 0.3 is 5.97 Å². The highest BCUT2D eigenvalue weighted by Crippen LogP contribution is 2.24. The first-order valence-corrected chi connectivity index (χ1v) is 7.36. The molecule has 6 heteroatoms. The zero-order valence-corrected chi connectivity index (χ0v) is 12.9. The van der Waals surface area contributed by atoms with Crippen molar-refractivity contribution in [2.24, 2.45) is 0 Å². The van der Waals surface area contributed by atoms with Gasteiger partial charge < -0.3 is 4.74 Å². The van der Waals surface area contributed by atoms with Gasteiger partial charge in [0.05, 0.1) is 12.3 Å². The average Bonchev–Trinajstić information content (AvgIpc) is 2.80. The van der Waals surface area contributed by atoms with Crippen LogP contribution in [0, 0.1) is 13.8 Å². The quantitative estimate of drug-likeness (QED) is 0.881. The fourth-order valence-electron chi connectivity index (χ4n) is 1.83. The van der Waals surface area contributed by atoms with Gasteiger partial charge in [0, 0.05) is 5.56 Å². The number of hydrogen-bond donors (Lipinski definition) is 1. The molecule has 0 aliphatic carbocycles. The lowest BCUT2D eigenvalue weighted by Gasteiger charge is -2.04. The Morgan fingerprint density at radius 3 is 2.67 bits per heavy atom. The molecule has 0 spiro atoms. The van der Waals surface area contributed by atoms with Gasteiger partial charge in [0.25, 0.3) is 5.91 Å². The minimum atomic E-state index is -0.413. The topological polar surface area (TPSA) is 68.3 Å². The van der Waals surface area contributed by atoms with Crippen LogP contribution in [-0.4, -0.2) is 23.5 Å². The van der Waals surface area contributed by atoms with Crippen molar-refractivity contribution in [1.82, 2.24) is 4.98 Å². The molecule has 110 valence electrons. The summed E-state index contributed by atoms with van der Waals surface area (Å²) in [5.41, 5.74) is 2.02. The number of carbonyl (C=O) groups excluding carboxylic acids is 2. The molecule has 2 aromatic rings. The Balaban J connectivity index is 2.17. The van der Waals surface area contributed by atoms with Crippen molar-refractivity contribution in [1.29, 1.82) is 0 Å². The van der Waals surface area contributed by atoms with Crippen molar-refractivity contribution in [2.75, 3.05) is 11.9 Å². The summed E-state index contributed by atoms with van der Waals surface area (Å²) >= 11 is 1.12. The normalized spacial score (nSPS) is 10.2. The number of nitrogens with one attached hydrogen (secondary N) is 1. The second-order valence-corrected chi connectivity index (χ2v) is 5.42. The Morgan fingerprint density at radius 2 is 2.00 bits per heavy atom. The summed E-state index contributed by atoms with van der Waals surface area (Å²) in [4.78, 5) is 28.5. The van der Waals surface area contributed by atoms with E-state index in [0.29, 0.717) is 27.9 Å². The maximum Gasteiger partial charge on any atom is 0.350 e. The number of aryl methyl sites for hydroxylation is 2. The molecule has 0 fully saturated rings. The van der Waals surface area contributed by atoms with Gasteiger partial charge in [0.2, 0.25) is 0 Å². The maximum atomic E-state index is 12.2. The second kappa shape index (κ2) is 6.49.